The van der Waals surface area contributed by atoms with Gasteiger partial charge in [0.25, 0.3) is 11.1 Å². The third-order valence-corrected chi connectivity index (χ3v) is 7.31. The largest absolute Gasteiger partial charge is 0.366 e. The van der Waals surface area contributed by atoms with Crippen molar-refractivity contribution in [1.82, 2.24) is 4.90 Å². The molecule has 0 aromatic heterocycles. The molecular weight excluding hydrogens is 423 g/mol. The maximum Gasteiger partial charge on any atom is 0.293 e. The number of carbonyl (C=O) groups excluding carboxylic acids is 2. The Bertz CT molecular complexity index is 1120. The van der Waals surface area contributed by atoms with Crippen LogP contribution in [0.1, 0.15) is 62.3 Å². The Labute approximate surface area is 193 Å². The van der Waals surface area contributed by atoms with E-state index < -0.39 is 0 Å². The van der Waals surface area contributed by atoms with Crippen LogP contribution in [-0.2, 0) is 11.3 Å². The van der Waals surface area contributed by atoms with Crippen LogP contribution in [0.25, 0.3) is 6.08 Å². The molecule has 2 aromatic rings. The molecule has 168 valence electrons. The first kappa shape index (κ1) is 22.6. The van der Waals surface area contributed by atoms with Crippen molar-refractivity contribution in [3.8, 4) is 0 Å². The lowest BCUT2D eigenvalue weighted by Gasteiger charge is -2.47. The van der Waals surface area contributed by atoms with Crippen molar-refractivity contribution in [2.45, 2.75) is 59.0 Å². The van der Waals surface area contributed by atoms with Gasteiger partial charge in [0.2, 0.25) is 0 Å². The first-order valence-corrected chi connectivity index (χ1v) is 11.8. The number of anilines is 1. The molecule has 0 radical (unpaired) electrons. The van der Waals surface area contributed by atoms with Crippen LogP contribution < -0.4 is 4.90 Å². The van der Waals surface area contributed by atoms with E-state index in [1.807, 2.05) is 37.3 Å². The monoisotopic (exact) mass is 452 g/mol. The summed E-state index contributed by atoms with van der Waals surface area (Å²) in [6, 6.07) is 11.2. The van der Waals surface area contributed by atoms with Gasteiger partial charge in [-0.2, -0.15) is 0 Å². The van der Waals surface area contributed by atoms with Gasteiger partial charge in [-0.3, -0.25) is 14.5 Å². The van der Waals surface area contributed by atoms with E-state index in [9.17, 15) is 9.59 Å². The van der Waals surface area contributed by atoms with Crippen molar-refractivity contribution in [2.75, 3.05) is 11.4 Å². The summed E-state index contributed by atoms with van der Waals surface area (Å²) in [5.41, 5.74) is 4.26. The number of imide groups is 1. The lowest BCUT2D eigenvalue weighted by atomic mass is 9.79. The number of rotatable bonds is 4. The van der Waals surface area contributed by atoms with Gasteiger partial charge in [-0.05, 0) is 81.1 Å². The maximum atomic E-state index is 15.1. The van der Waals surface area contributed by atoms with E-state index in [-0.39, 0.29) is 39.9 Å². The van der Waals surface area contributed by atoms with Gasteiger partial charge < -0.3 is 4.90 Å². The Balaban J connectivity index is 1.65. The summed E-state index contributed by atoms with van der Waals surface area (Å²) in [5.74, 6) is -0.479. The van der Waals surface area contributed by atoms with E-state index in [1.165, 1.54) is 11.0 Å². The molecule has 0 bridgehead atoms. The van der Waals surface area contributed by atoms with Crippen molar-refractivity contribution in [1.29, 1.82) is 0 Å². The molecule has 0 spiro atoms. The summed E-state index contributed by atoms with van der Waals surface area (Å²) in [6.07, 6.45) is 2.49. The number of hydrogen-bond donors (Lipinski definition) is 0. The van der Waals surface area contributed by atoms with Crippen LogP contribution in [0.15, 0.2) is 41.3 Å². The van der Waals surface area contributed by atoms with Crippen molar-refractivity contribution in [3.63, 3.8) is 0 Å². The number of aryl methyl sites for hydroxylation is 1. The first-order chi connectivity index (χ1) is 15.1. The van der Waals surface area contributed by atoms with E-state index in [4.69, 9.17) is 0 Å². The number of amides is 2. The minimum atomic E-state index is -0.377. The average molecular weight is 453 g/mol. The molecule has 2 amide bonds. The molecule has 1 atom stereocenters. The smallest absolute Gasteiger partial charge is 0.293 e. The number of halogens is 1. The Kier molecular flexibility index (Phi) is 5.93. The quantitative estimate of drug-likeness (QED) is 0.498. The molecule has 2 aromatic carbocycles. The molecule has 4 rings (SSSR count). The first-order valence-electron chi connectivity index (χ1n) is 11.0. The fourth-order valence-electron chi connectivity index (χ4n) is 5.00. The van der Waals surface area contributed by atoms with E-state index >= 15 is 4.39 Å². The number of benzene rings is 2. The molecule has 1 fully saturated rings. The van der Waals surface area contributed by atoms with Crippen LogP contribution in [0, 0.1) is 12.7 Å². The number of thioether (sulfide) groups is 1. The number of nitrogens with zero attached hydrogens (tertiary/aromatic N) is 2. The second-order valence-corrected chi connectivity index (χ2v) is 10.3. The minimum absolute atomic E-state index is 0.0480. The number of hydrogen-bond acceptors (Lipinski definition) is 4. The highest BCUT2D eigenvalue weighted by molar-refractivity contribution is 8.18. The van der Waals surface area contributed by atoms with Crippen LogP contribution in [0.4, 0.5) is 14.9 Å². The molecule has 4 nitrogen and oxygen atoms in total. The Hall–Kier alpha value is -2.60. The zero-order valence-corrected chi connectivity index (χ0v) is 20.1. The molecule has 2 aliphatic rings. The normalized spacial score (nSPS) is 21.4. The molecule has 2 heterocycles. The van der Waals surface area contributed by atoms with Gasteiger partial charge in [-0.25, -0.2) is 4.39 Å². The third-order valence-electron chi connectivity index (χ3n) is 6.40. The highest BCUT2D eigenvalue weighted by Gasteiger charge is 2.37. The second-order valence-electron chi connectivity index (χ2n) is 9.35. The summed E-state index contributed by atoms with van der Waals surface area (Å²) in [5, 5.41) is -0.326. The summed E-state index contributed by atoms with van der Waals surface area (Å²) >= 11 is 0.873. The van der Waals surface area contributed by atoms with Gasteiger partial charge in [0.15, 0.2) is 0 Å². The van der Waals surface area contributed by atoms with Crippen LogP contribution in [0.2, 0.25) is 0 Å². The van der Waals surface area contributed by atoms with E-state index in [1.54, 1.807) is 6.07 Å². The Morgan fingerprint density at radius 2 is 1.97 bits per heavy atom. The molecule has 32 heavy (non-hydrogen) atoms. The highest BCUT2D eigenvalue weighted by atomic mass is 32.2. The zero-order chi connectivity index (χ0) is 23.2. The fourth-order valence-corrected chi connectivity index (χ4v) is 5.83. The molecule has 1 saturated heterocycles. The molecular formula is C26H29FN2O2S. The molecule has 6 heteroatoms. The average Bonchev–Trinajstić information content (AvgIpc) is 2.96. The topological polar surface area (TPSA) is 40.6 Å². The molecule has 0 saturated carbocycles. The zero-order valence-electron chi connectivity index (χ0n) is 19.2. The van der Waals surface area contributed by atoms with E-state index in [2.05, 4.69) is 32.6 Å². The molecule has 2 aliphatic heterocycles. The molecule has 0 N–H and O–H groups in total. The predicted molar refractivity (Wildman–Crippen MR) is 129 cm³/mol. The van der Waals surface area contributed by atoms with Crippen molar-refractivity contribution in [3.05, 3.63) is 69.4 Å². The van der Waals surface area contributed by atoms with Crippen molar-refractivity contribution < 1.29 is 14.0 Å². The lowest BCUT2D eigenvalue weighted by molar-refractivity contribution is -0.123. The molecule has 1 unspecified atom stereocenters. The third kappa shape index (κ3) is 4.08. The van der Waals surface area contributed by atoms with Gasteiger partial charge in [0.1, 0.15) is 5.82 Å². The van der Waals surface area contributed by atoms with Crippen molar-refractivity contribution >= 4 is 34.7 Å². The standard InChI is InChI=1S/C26H29FN2O2S/c1-6-29-22-13-21(27)19(11-20(22)17(3)14-26(29,4)5)12-23-24(30)28(25(31)32-23)15-18-9-7-8-16(2)10-18/h7-13,17H,6,14-15H2,1-5H3/b23-12+. The summed E-state index contributed by atoms with van der Waals surface area (Å²) in [7, 11) is 0. The van der Waals surface area contributed by atoms with Gasteiger partial charge in [-0.1, -0.05) is 36.8 Å². The maximum absolute atomic E-state index is 15.1. The second kappa shape index (κ2) is 8.39. The van der Waals surface area contributed by atoms with Gasteiger partial charge >= 0.3 is 0 Å². The van der Waals surface area contributed by atoms with Crippen LogP contribution >= 0.6 is 11.8 Å². The Morgan fingerprint density at radius 3 is 2.66 bits per heavy atom. The van der Waals surface area contributed by atoms with Gasteiger partial charge in [0, 0.05) is 23.3 Å². The van der Waals surface area contributed by atoms with Crippen LogP contribution in [0.3, 0.4) is 0 Å². The number of fused-ring (bicyclic) bond motifs is 1. The Morgan fingerprint density at radius 1 is 1.22 bits per heavy atom. The highest BCUT2D eigenvalue weighted by Crippen LogP contribution is 2.44. The van der Waals surface area contributed by atoms with E-state index in [0.717, 1.165) is 47.1 Å². The van der Waals surface area contributed by atoms with Crippen molar-refractivity contribution in [2.24, 2.45) is 0 Å². The van der Waals surface area contributed by atoms with E-state index in [0.29, 0.717) is 5.56 Å². The number of carbonyl (C=O) groups is 2. The summed E-state index contributed by atoms with van der Waals surface area (Å²) < 4.78 is 15.1. The lowest BCUT2D eigenvalue weighted by Crippen LogP contribution is -2.48. The predicted octanol–water partition coefficient (Wildman–Crippen LogP) is 6.48. The van der Waals surface area contributed by atoms with Gasteiger partial charge in [-0.15, -0.1) is 0 Å². The van der Waals surface area contributed by atoms with Crippen LogP contribution in [-0.4, -0.2) is 28.1 Å². The summed E-state index contributed by atoms with van der Waals surface area (Å²) in [6.45, 7) is 11.6. The van der Waals surface area contributed by atoms with Crippen LogP contribution in [0.5, 0.6) is 0 Å². The summed E-state index contributed by atoms with van der Waals surface area (Å²) in [4.78, 5) is 29.2. The minimum Gasteiger partial charge on any atom is -0.366 e. The SMILES string of the molecule is CCN1c2cc(F)c(/C=C3/SC(=O)N(Cc4cccc(C)c4)C3=O)cc2C(C)CC1(C)C. The van der Waals surface area contributed by atoms with Gasteiger partial charge in [0.05, 0.1) is 11.4 Å². The molecule has 0 aliphatic carbocycles. The fraction of sp³-hybridized carbons (Fsp3) is 0.385.